The lowest BCUT2D eigenvalue weighted by molar-refractivity contribution is -0.384. The van der Waals surface area contributed by atoms with Crippen LogP contribution in [0.3, 0.4) is 0 Å². The molecular weight excluding hydrogens is 354 g/mol. The summed E-state index contributed by atoms with van der Waals surface area (Å²) in [6.45, 7) is 0. The molecule has 26 heavy (non-hydrogen) atoms. The zero-order valence-corrected chi connectivity index (χ0v) is 15.0. The molecule has 1 aliphatic carbocycles. The van der Waals surface area contributed by atoms with Gasteiger partial charge < -0.3 is 10.6 Å². The van der Waals surface area contributed by atoms with Gasteiger partial charge in [0.1, 0.15) is 0 Å². The van der Waals surface area contributed by atoms with Crippen molar-refractivity contribution >= 4 is 34.6 Å². The van der Waals surface area contributed by atoms with Crippen LogP contribution in [-0.4, -0.2) is 16.9 Å². The number of hydrogen-bond donors (Lipinski definition) is 2. The van der Waals surface area contributed by atoms with Crippen LogP contribution in [0.15, 0.2) is 42.5 Å². The quantitative estimate of drug-likeness (QED) is 0.554. The molecule has 2 aromatic carbocycles. The molecule has 0 spiro atoms. The minimum absolute atomic E-state index is 0.122. The largest absolute Gasteiger partial charge is 0.382 e. The number of hydrogen-bond acceptors (Lipinski definition) is 4. The third-order valence-corrected chi connectivity index (χ3v) is 4.88. The molecule has 3 rings (SSSR count). The number of non-ortho nitro benzene ring substituents is 1. The van der Waals surface area contributed by atoms with E-state index in [1.165, 1.54) is 18.6 Å². The molecule has 1 saturated carbocycles. The number of carbonyl (C=O) groups excluding carboxylic acids is 1. The van der Waals surface area contributed by atoms with Crippen LogP contribution in [0, 0.1) is 10.1 Å². The van der Waals surface area contributed by atoms with Gasteiger partial charge in [0, 0.05) is 23.9 Å². The number of nitro benzene ring substituents is 1. The number of nitrogens with zero attached hydrogens (tertiary/aromatic N) is 1. The molecule has 2 N–H and O–H groups in total. The molecule has 0 radical (unpaired) electrons. The molecule has 1 amide bonds. The zero-order chi connectivity index (χ0) is 18.5. The summed E-state index contributed by atoms with van der Waals surface area (Å²) in [6, 6.07) is 11.5. The Morgan fingerprint density at radius 1 is 1.08 bits per heavy atom. The van der Waals surface area contributed by atoms with Crippen molar-refractivity contribution in [2.45, 2.75) is 38.1 Å². The molecule has 0 saturated heterocycles. The lowest BCUT2D eigenvalue weighted by Crippen LogP contribution is -2.24. The molecule has 2 aromatic rings. The predicted molar refractivity (Wildman–Crippen MR) is 103 cm³/mol. The van der Waals surface area contributed by atoms with Gasteiger partial charge in [-0.05, 0) is 31.0 Å². The number of rotatable bonds is 5. The Morgan fingerprint density at radius 2 is 1.81 bits per heavy atom. The van der Waals surface area contributed by atoms with E-state index in [9.17, 15) is 14.9 Å². The lowest BCUT2D eigenvalue weighted by atomic mass is 9.95. The number of carbonyl (C=O) groups is 1. The van der Waals surface area contributed by atoms with Crippen LogP contribution in [0.4, 0.5) is 17.1 Å². The number of anilines is 2. The average Bonchev–Trinajstić information content (AvgIpc) is 2.64. The Balaban J connectivity index is 1.88. The van der Waals surface area contributed by atoms with Crippen molar-refractivity contribution in [1.29, 1.82) is 0 Å². The van der Waals surface area contributed by atoms with Gasteiger partial charge in [-0.25, -0.2) is 0 Å². The Hall–Kier alpha value is -2.60. The molecule has 0 aliphatic heterocycles. The number of nitrogens with one attached hydrogen (secondary N) is 2. The summed E-state index contributed by atoms with van der Waals surface area (Å²) in [7, 11) is 0. The topological polar surface area (TPSA) is 84.3 Å². The monoisotopic (exact) mass is 373 g/mol. The van der Waals surface area contributed by atoms with Crippen molar-refractivity contribution in [2.24, 2.45) is 0 Å². The first-order valence-electron chi connectivity index (χ1n) is 8.65. The van der Waals surface area contributed by atoms with Gasteiger partial charge in [0.05, 0.1) is 21.2 Å². The first-order valence-corrected chi connectivity index (χ1v) is 9.03. The van der Waals surface area contributed by atoms with E-state index in [2.05, 4.69) is 10.6 Å². The maximum Gasteiger partial charge on any atom is 0.270 e. The number of nitro groups is 1. The summed E-state index contributed by atoms with van der Waals surface area (Å²) in [4.78, 5) is 23.4. The highest BCUT2D eigenvalue weighted by atomic mass is 35.5. The van der Waals surface area contributed by atoms with E-state index in [4.69, 9.17) is 11.6 Å². The van der Waals surface area contributed by atoms with Crippen molar-refractivity contribution < 1.29 is 9.72 Å². The molecule has 136 valence electrons. The molecule has 1 fully saturated rings. The summed E-state index contributed by atoms with van der Waals surface area (Å²) in [6.07, 6.45) is 5.57. The second-order valence-corrected chi connectivity index (χ2v) is 6.81. The predicted octanol–water partition coefficient (Wildman–Crippen LogP) is 5.25. The van der Waals surface area contributed by atoms with Crippen LogP contribution in [0.1, 0.15) is 42.5 Å². The van der Waals surface area contributed by atoms with E-state index in [1.54, 1.807) is 30.3 Å². The van der Waals surface area contributed by atoms with Crippen molar-refractivity contribution in [3.8, 4) is 0 Å². The molecule has 0 unspecified atom stereocenters. The van der Waals surface area contributed by atoms with E-state index >= 15 is 0 Å². The van der Waals surface area contributed by atoms with Gasteiger partial charge in [-0.1, -0.05) is 43.0 Å². The van der Waals surface area contributed by atoms with Gasteiger partial charge in [-0.3, -0.25) is 14.9 Å². The van der Waals surface area contributed by atoms with Crippen LogP contribution >= 0.6 is 11.6 Å². The minimum atomic E-state index is -0.503. The first-order chi connectivity index (χ1) is 12.5. The summed E-state index contributed by atoms with van der Waals surface area (Å²) in [5.74, 6) is -0.430. The molecule has 0 bridgehead atoms. The Kier molecular flexibility index (Phi) is 5.73. The smallest absolute Gasteiger partial charge is 0.270 e. The van der Waals surface area contributed by atoms with Crippen LogP contribution in [0.25, 0.3) is 0 Å². The van der Waals surface area contributed by atoms with Gasteiger partial charge >= 0.3 is 0 Å². The highest BCUT2D eigenvalue weighted by Crippen LogP contribution is 2.28. The van der Waals surface area contributed by atoms with Crippen LogP contribution < -0.4 is 10.6 Å². The molecule has 6 nitrogen and oxygen atoms in total. The highest BCUT2D eigenvalue weighted by molar-refractivity contribution is 6.34. The fourth-order valence-electron chi connectivity index (χ4n) is 3.18. The standard InChI is InChI=1S/C19H20ClN3O3/c20-16-8-4-5-9-18(16)22-19(24)15-12-14(23(25)26)10-11-17(15)21-13-6-2-1-3-7-13/h4-5,8-13,21H,1-3,6-7H2,(H,22,24). The van der Waals surface area contributed by atoms with E-state index < -0.39 is 10.8 Å². The maximum absolute atomic E-state index is 12.8. The van der Waals surface area contributed by atoms with E-state index in [1.807, 2.05) is 0 Å². The summed E-state index contributed by atoms with van der Waals surface area (Å²) < 4.78 is 0. The van der Waals surface area contributed by atoms with Crippen LogP contribution in [0.2, 0.25) is 5.02 Å². The second-order valence-electron chi connectivity index (χ2n) is 6.40. The molecule has 1 aliphatic rings. The van der Waals surface area contributed by atoms with Gasteiger partial charge in [0.25, 0.3) is 11.6 Å². The SMILES string of the molecule is O=C(Nc1ccccc1Cl)c1cc([N+](=O)[O-])ccc1NC1CCCCC1. The van der Waals surface area contributed by atoms with Crippen molar-refractivity contribution in [1.82, 2.24) is 0 Å². The van der Waals surface area contributed by atoms with E-state index in [-0.39, 0.29) is 17.3 Å². The number of benzene rings is 2. The van der Waals surface area contributed by atoms with Gasteiger partial charge in [-0.15, -0.1) is 0 Å². The number of para-hydroxylation sites is 1. The second kappa shape index (κ2) is 8.19. The highest BCUT2D eigenvalue weighted by Gasteiger charge is 2.20. The molecular formula is C19H20ClN3O3. The summed E-state index contributed by atoms with van der Waals surface area (Å²) in [5, 5.41) is 17.6. The molecule has 7 heteroatoms. The molecule has 0 aromatic heterocycles. The Bertz CT molecular complexity index is 819. The fourth-order valence-corrected chi connectivity index (χ4v) is 3.36. The maximum atomic E-state index is 12.8. The number of halogens is 1. The lowest BCUT2D eigenvalue weighted by Gasteiger charge is -2.25. The molecule has 0 heterocycles. The van der Waals surface area contributed by atoms with Gasteiger partial charge in [0.15, 0.2) is 0 Å². The van der Waals surface area contributed by atoms with E-state index in [0.717, 1.165) is 25.7 Å². The fraction of sp³-hybridized carbons (Fsp3) is 0.316. The third kappa shape index (κ3) is 4.32. The van der Waals surface area contributed by atoms with Crippen molar-refractivity contribution in [3.05, 3.63) is 63.2 Å². The van der Waals surface area contributed by atoms with Crippen molar-refractivity contribution in [3.63, 3.8) is 0 Å². The summed E-state index contributed by atoms with van der Waals surface area (Å²) in [5.41, 5.74) is 1.19. The van der Waals surface area contributed by atoms with Crippen LogP contribution in [-0.2, 0) is 0 Å². The summed E-state index contributed by atoms with van der Waals surface area (Å²) >= 11 is 6.09. The van der Waals surface area contributed by atoms with Gasteiger partial charge in [0.2, 0.25) is 0 Å². The third-order valence-electron chi connectivity index (χ3n) is 4.55. The average molecular weight is 374 g/mol. The Morgan fingerprint density at radius 3 is 2.50 bits per heavy atom. The molecule has 0 atom stereocenters. The van der Waals surface area contributed by atoms with Crippen LogP contribution in [0.5, 0.6) is 0 Å². The number of amides is 1. The first kappa shape index (κ1) is 18.2. The van der Waals surface area contributed by atoms with Gasteiger partial charge in [-0.2, -0.15) is 0 Å². The Labute approximate surface area is 156 Å². The normalized spacial score (nSPS) is 14.7. The van der Waals surface area contributed by atoms with E-state index in [0.29, 0.717) is 16.4 Å². The van der Waals surface area contributed by atoms with Crippen molar-refractivity contribution in [2.75, 3.05) is 10.6 Å². The zero-order valence-electron chi connectivity index (χ0n) is 14.2. The minimum Gasteiger partial charge on any atom is -0.382 e.